The molecule has 1 atom stereocenters. The molecule has 0 amide bonds. The number of hydrogen-bond acceptors (Lipinski definition) is 2. The lowest BCUT2D eigenvalue weighted by Gasteiger charge is -2.36. The molecular formula is C12H16ClNO. The Kier molecular flexibility index (Phi) is 2.89. The molecule has 0 spiro atoms. The minimum atomic E-state index is 0.0342. The molecule has 1 aliphatic rings. The minimum absolute atomic E-state index is 0.0342. The zero-order valence-corrected chi connectivity index (χ0v) is 9.90. The van der Waals surface area contributed by atoms with Gasteiger partial charge in [0.25, 0.3) is 0 Å². The summed E-state index contributed by atoms with van der Waals surface area (Å²) >= 11 is 5.98. The quantitative estimate of drug-likeness (QED) is 0.835. The van der Waals surface area contributed by atoms with E-state index < -0.39 is 0 Å². The van der Waals surface area contributed by atoms with Crippen LogP contribution in [0.5, 0.6) is 0 Å². The van der Waals surface area contributed by atoms with Crippen molar-refractivity contribution < 1.29 is 4.74 Å². The second kappa shape index (κ2) is 4.03. The molecule has 15 heavy (non-hydrogen) atoms. The zero-order valence-electron chi connectivity index (χ0n) is 9.14. The highest BCUT2D eigenvalue weighted by atomic mass is 35.5. The third kappa shape index (κ3) is 2.27. The van der Waals surface area contributed by atoms with E-state index in [1.54, 1.807) is 7.11 Å². The number of halogens is 1. The normalized spacial score (nSPS) is 24.5. The average molecular weight is 226 g/mol. The molecule has 0 saturated carbocycles. The molecule has 0 bridgehead atoms. The molecule has 0 aromatic heterocycles. The van der Waals surface area contributed by atoms with Crippen molar-refractivity contribution in [1.29, 1.82) is 0 Å². The van der Waals surface area contributed by atoms with Gasteiger partial charge in [-0.25, -0.2) is 0 Å². The third-order valence-electron chi connectivity index (χ3n) is 2.92. The number of methoxy groups -OCH3 is 1. The smallest absolute Gasteiger partial charge is 0.0690 e. The van der Waals surface area contributed by atoms with Gasteiger partial charge in [-0.15, -0.1) is 0 Å². The molecule has 1 N–H and O–H groups in total. The fourth-order valence-corrected chi connectivity index (χ4v) is 2.28. The topological polar surface area (TPSA) is 21.3 Å². The molecule has 1 unspecified atom stereocenters. The third-order valence-corrected chi connectivity index (χ3v) is 3.15. The lowest BCUT2D eigenvalue weighted by molar-refractivity contribution is 0.144. The first-order valence-corrected chi connectivity index (χ1v) is 5.56. The Labute approximate surface area is 95.6 Å². The number of benzene rings is 1. The van der Waals surface area contributed by atoms with Crippen LogP contribution in [0.1, 0.15) is 18.9 Å². The summed E-state index contributed by atoms with van der Waals surface area (Å²) in [5.41, 5.74) is 2.52. The van der Waals surface area contributed by atoms with Crippen molar-refractivity contribution in [3.63, 3.8) is 0 Å². The standard InChI is InChI=1S/C12H16ClNO/c1-12(8-15-2)6-5-9-3-4-10(13)7-11(9)14-12/h3-4,7,14H,5-6,8H2,1-2H3. The largest absolute Gasteiger partial charge is 0.382 e. The summed E-state index contributed by atoms with van der Waals surface area (Å²) in [6.07, 6.45) is 2.18. The van der Waals surface area contributed by atoms with E-state index in [1.807, 2.05) is 12.1 Å². The van der Waals surface area contributed by atoms with Crippen LogP contribution in [0.15, 0.2) is 18.2 Å². The Balaban J connectivity index is 2.25. The Morgan fingerprint density at radius 2 is 2.33 bits per heavy atom. The van der Waals surface area contributed by atoms with E-state index >= 15 is 0 Å². The Bertz CT molecular complexity index is 367. The SMILES string of the molecule is COCC1(C)CCc2ccc(Cl)cc2N1. The van der Waals surface area contributed by atoms with Crippen LogP contribution in [0.3, 0.4) is 0 Å². The van der Waals surface area contributed by atoms with E-state index in [2.05, 4.69) is 18.3 Å². The second-order valence-electron chi connectivity index (χ2n) is 4.42. The van der Waals surface area contributed by atoms with Crippen LogP contribution in [0, 0.1) is 0 Å². The number of fused-ring (bicyclic) bond motifs is 1. The van der Waals surface area contributed by atoms with E-state index in [1.165, 1.54) is 5.56 Å². The highest BCUT2D eigenvalue weighted by Gasteiger charge is 2.28. The number of ether oxygens (including phenoxy) is 1. The van der Waals surface area contributed by atoms with Gasteiger partial charge in [0.05, 0.1) is 12.1 Å². The van der Waals surface area contributed by atoms with Gasteiger partial charge in [-0.1, -0.05) is 17.7 Å². The molecular weight excluding hydrogens is 210 g/mol. The maximum Gasteiger partial charge on any atom is 0.0690 e. The Morgan fingerprint density at radius 1 is 1.53 bits per heavy atom. The van der Waals surface area contributed by atoms with Gasteiger partial charge >= 0.3 is 0 Å². The Hall–Kier alpha value is -0.730. The van der Waals surface area contributed by atoms with Crippen LogP contribution in [-0.4, -0.2) is 19.3 Å². The van der Waals surface area contributed by atoms with Gasteiger partial charge in [-0.2, -0.15) is 0 Å². The highest BCUT2D eigenvalue weighted by molar-refractivity contribution is 6.30. The molecule has 1 aromatic carbocycles. The highest BCUT2D eigenvalue weighted by Crippen LogP contribution is 2.32. The van der Waals surface area contributed by atoms with Gasteiger partial charge in [0.15, 0.2) is 0 Å². The number of aryl methyl sites for hydroxylation is 1. The monoisotopic (exact) mass is 225 g/mol. The summed E-state index contributed by atoms with van der Waals surface area (Å²) in [5.74, 6) is 0. The first kappa shape index (κ1) is 10.8. The summed E-state index contributed by atoms with van der Waals surface area (Å²) in [5, 5.41) is 4.29. The van der Waals surface area contributed by atoms with E-state index in [4.69, 9.17) is 16.3 Å². The van der Waals surface area contributed by atoms with E-state index in [-0.39, 0.29) is 5.54 Å². The van der Waals surface area contributed by atoms with Gasteiger partial charge in [0.2, 0.25) is 0 Å². The Morgan fingerprint density at radius 3 is 3.07 bits per heavy atom. The average Bonchev–Trinajstić information content (AvgIpc) is 2.17. The molecule has 3 heteroatoms. The van der Waals surface area contributed by atoms with Crippen LogP contribution in [0.2, 0.25) is 5.02 Å². The molecule has 1 aliphatic heterocycles. The van der Waals surface area contributed by atoms with Crippen LogP contribution < -0.4 is 5.32 Å². The number of rotatable bonds is 2. The van der Waals surface area contributed by atoms with E-state index in [0.29, 0.717) is 0 Å². The lowest BCUT2D eigenvalue weighted by atomic mass is 9.88. The number of hydrogen-bond donors (Lipinski definition) is 1. The van der Waals surface area contributed by atoms with Crippen LogP contribution in [0.4, 0.5) is 5.69 Å². The van der Waals surface area contributed by atoms with Gasteiger partial charge in [0, 0.05) is 17.8 Å². The number of nitrogens with one attached hydrogen (secondary N) is 1. The van der Waals surface area contributed by atoms with Crippen molar-refractivity contribution in [2.45, 2.75) is 25.3 Å². The predicted octanol–water partition coefficient (Wildman–Crippen LogP) is 3.10. The predicted molar refractivity (Wildman–Crippen MR) is 63.7 cm³/mol. The summed E-state index contributed by atoms with van der Waals surface area (Å²) in [6.45, 7) is 2.90. The van der Waals surface area contributed by atoms with Gasteiger partial charge < -0.3 is 10.1 Å². The van der Waals surface area contributed by atoms with Gasteiger partial charge in [-0.05, 0) is 37.5 Å². The maximum atomic E-state index is 5.98. The molecule has 2 rings (SSSR count). The van der Waals surface area contributed by atoms with Crippen molar-refractivity contribution >= 4 is 17.3 Å². The molecule has 0 aliphatic carbocycles. The first-order valence-electron chi connectivity index (χ1n) is 5.18. The molecule has 0 saturated heterocycles. The van der Waals surface area contributed by atoms with E-state index in [9.17, 15) is 0 Å². The van der Waals surface area contributed by atoms with Crippen molar-refractivity contribution in [1.82, 2.24) is 0 Å². The van der Waals surface area contributed by atoms with Crippen molar-refractivity contribution in [3.05, 3.63) is 28.8 Å². The lowest BCUT2D eigenvalue weighted by Crippen LogP contribution is -2.42. The van der Waals surface area contributed by atoms with E-state index in [0.717, 1.165) is 30.2 Å². The first-order chi connectivity index (χ1) is 7.13. The molecule has 1 heterocycles. The fourth-order valence-electron chi connectivity index (χ4n) is 2.11. The van der Waals surface area contributed by atoms with Crippen LogP contribution in [-0.2, 0) is 11.2 Å². The molecule has 1 aromatic rings. The number of anilines is 1. The van der Waals surface area contributed by atoms with Crippen molar-refractivity contribution in [2.24, 2.45) is 0 Å². The summed E-state index contributed by atoms with van der Waals surface area (Å²) in [6, 6.07) is 6.03. The van der Waals surface area contributed by atoms with Crippen LogP contribution in [0.25, 0.3) is 0 Å². The zero-order chi connectivity index (χ0) is 10.9. The van der Waals surface area contributed by atoms with Crippen molar-refractivity contribution in [2.75, 3.05) is 19.0 Å². The molecule has 82 valence electrons. The summed E-state index contributed by atoms with van der Waals surface area (Å²) < 4.78 is 5.23. The summed E-state index contributed by atoms with van der Waals surface area (Å²) in [7, 11) is 1.74. The van der Waals surface area contributed by atoms with Crippen LogP contribution >= 0.6 is 11.6 Å². The molecule has 0 radical (unpaired) electrons. The second-order valence-corrected chi connectivity index (χ2v) is 4.86. The maximum absolute atomic E-state index is 5.98. The van der Waals surface area contributed by atoms with Crippen molar-refractivity contribution in [3.8, 4) is 0 Å². The summed E-state index contributed by atoms with van der Waals surface area (Å²) in [4.78, 5) is 0. The minimum Gasteiger partial charge on any atom is -0.382 e. The molecule has 0 fully saturated rings. The molecule has 2 nitrogen and oxygen atoms in total. The van der Waals surface area contributed by atoms with Gasteiger partial charge in [-0.3, -0.25) is 0 Å². The van der Waals surface area contributed by atoms with Gasteiger partial charge in [0.1, 0.15) is 0 Å². The fraction of sp³-hybridized carbons (Fsp3) is 0.500.